The van der Waals surface area contributed by atoms with Gasteiger partial charge >= 0.3 is 12.1 Å². The molecule has 8 nitrogen and oxygen atoms in total. The van der Waals surface area contributed by atoms with Crippen molar-refractivity contribution in [1.82, 2.24) is 10.2 Å². The van der Waals surface area contributed by atoms with Gasteiger partial charge in [0.25, 0.3) is 0 Å². The Morgan fingerprint density at radius 2 is 1.70 bits per heavy atom. The molecule has 0 spiro atoms. The number of ether oxygens (including phenoxy) is 3. The molecular formula is C27H25ClFN3O5. The number of hydrogen-bond acceptors (Lipinski definition) is 5. The summed E-state index contributed by atoms with van der Waals surface area (Å²) in [5.41, 5.74) is 1.10. The van der Waals surface area contributed by atoms with Crippen molar-refractivity contribution < 1.29 is 28.2 Å². The number of rotatable bonds is 6. The van der Waals surface area contributed by atoms with Crippen LogP contribution in [0.1, 0.15) is 11.6 Å². The summed E-state index contributed by atoms with van der Waals surface area (Å²) >= 11 is 5.93. The molecule has 2 heterocycles. The second-order valence-electron chi connectivity index (χ2n) is 8.63. The Bertz CT molecular complexity index is 1250. The van der Waals surface area contributed by atoms with Crippen molar-refractivity contribution in [3.63, 3.8) is 0 Å². The van der Waals surface area contributed by atoms with E-state index in [-0.39, 0.29) is 12.6 Å². The van der Waals surface area contributed by atoms with Gasteiger partial charge in [0.2, 0.25) is 0 Å². The van der Waals surface area contributed by atoms with Crippen LogP contribution >= 0.6 is 11.6 Å². The molecule has 1 N–H and O–H groups in total. The van der Waals surface area contributed by atoms with E-state index in [0.29, 0.717) is 54.1 Å². The molecule has 3 aromatic rings. The van der Waals surface area contributed by atoms with E-state index in [1.807, 2.05) is 0 Å². The Kier molecular flexibility index (Phi) is 7.43. The van der Waals surface area contributed by atoms with E-state index in [0.717, 1.165) is 0 Å². The predicted octanol–water partition coefficient (Wildman–Crippen LogP) is 5.38. The number of urea groups is 1. The minimum Gasteiger partial charge on any atom is -0.457 e. The molecule has 2 aliphatic heterocycles. The van der Waals surface area contributed by atoms with Crippen LogP contribution in [0.4, 0.5) is 19.7 Å². The van der Waals surface area contributed by atoms with Gasteiger partial charge in [0.05, 0.1) is 19.8 Å². The van der Waals surface area contributed by atoms with Gasteiger partial charge in [0.15, 0.2) is 0 Å². The summed E-state index contributed by atoms with van der Waals surface area (Å²) < 4.78 is 31.0. The van der Waals surface area contributed by atoms with Crippen molar-refractivity contribution in [3.8, 4) is 11.5 Å². The first-order chi connectivity index (χ1) is 18.0. The van der Waals surface area contributed by atoms with Gasteiger partial charge in [0.1, 0.15) is 29.5 Å². The summed E-state index contributed by atoms with van der Waals surface area (Å²) in [4.78, 5) is 28.8. The van der Waals surface area contributed by atoms with Crippen LogP contribution in [0.25, 0.3) is 0 Å². The number of benzene rings is 3. The third kappa shape index (κ3) is 5.79. The molecule has 0 bridgehead atoms. The second-order valence-corrected chi connectivity index (χ2v) is 9.06. The molecule has 0 unspecified atom stereocenters. The summed E-state index contributed by atoms with van der Waals surface area (Å²) in [6.45, 7) is 1.99. The first kappa shape index (κ1) is 24.9. The minimum atomic E-state index is -0.732. The summed E-state index contributed by atoms with van der Waals surface area (Å²) in [5, 5.41) is 3.45. The van der Waals surface area contributed by atoms with Gasteiger partial charge in [-0.1, -0.05) is 23.7 Å². The molecule has 5 rings (SSSR count). The molecule has 2 atom stereocenters. The maximum absolute atomic E-state index is 14.2. The predicted molar refractivity (Wildman–Crippen MR) is 136 cm³/mol. The number of carbonyl (C=O) groups excluding carboxylic acids is 2. The van der Waals surface area contributed by atoms with E-state index in [1.165, 1.54) is 17.0 Å². The second kappa shape index (κ2) is 11.1. The maximum atomic E-state index is 14.2. The number of amides is 3. The van der Waals surface area contributed by atoms with Crippen molar-refractivity contribution >= 4 is 29.4 Å². The van der Waals surface area contributed by atoms with E-state index in [9.17, 15) is 14.0 Å². The third-order valence-corrected chi connectivity index (χ3v) is 6.44. The topological polar surface area (TPSA) is 80.3 Å². The number of morpholine rings is 1. The fourth-order valence-corrected chi connectivity index (χ4v) is 4.51. The zero-order valence-corrected chi connectivity index (χ0v) is 20.6. The summed E-state index contributed by atoms with van der Waals surface area (Å²) in [7, 11) is 0. The molecule has 2 fully saturated rings. The minimum absolute atomic E-state index is 0.0668. The molecule has 10 heteroatoms. The summed E-state index contributed by atoms with van der Waals surface area (Å²) in [5.74, 6) is 0.751. The lowest BCUT2D eigenvalue weighted by Gasteiger charge is -2.28. The van der Waals surface area contributed by atoms with Crippen molar-refractivity contribution in [2.45, 2.75) is 12.1 Å². The number of nitrogens with zero attached hydrogens (tertiary/aromatic N) is 2. The molecule has 37 heavy (non-hydrogen) atoms. The van der Waals surface area contributed by atoms with E-state index < -0.39 is 24.1 Å². The van der Waals surface area contributed by atoms with Gasteiger partial charge < -0.3 is 24.4 Å². The molecular weight excluding hydrogens is 501 g/mol. The first-order valence-corrected chi connectivity index (χ1v) is 12.2. The average molecular weight is 526 g/mol. The number of anilines is 1. The van der Waals surface area contributed by atoms with Gasteiger partial charge in [-0.3, -0.25) is 4.90 Å². The van der Waals surface area contributed by atoms with E-state index >= 15 is 0 Å². The molecule has 0 radical (unpaired) electrons. The highest BCUT2D eigenvalue weighted by atomic mass is 35.5. The molecule has 2 aliphatic rings. The SMILES string of the molecule is O=C(NC[C@@H]1OC(=O)N(c2ccc(Oc3ccc(Cl)cc3)cc2)[C@H]1c1cccc(F)c1)N1CCOCC1. The van der Waals surface area contributed by atoms with Gasteiger partial charge in [-0.2, -0.15) is 0 Å². The lowest BCUT2D eigenvalue weighted by Crippen LogP contribution is -2.48. The fraction of sp³-hybridized carbons (Fsp3) is 0.259. The number of hydrogen-bond donors (Lipinski definition) is 1. The van der Waals surface area contributed by atoms with E-state index in [4.69, 9.17) is 25.8 Å². The van der Waals surface area contributed by atoms with Crippen LogP contribution in [-0.4, -0.2) is 56.0 Å². The highest BCUT2D eigenvalue weighted by Gasteiger charge is 2.44. The molecule has 0 aliphatic carbocycles. The van der Waals surface area contributed by atoms with Crippen molar-refractivity contribution in [1.29, 1.82) is 0 Å². The van der Waals surface area contributed by atoms with Crippen LogP contribution in [0.3, 0.4) is 0 Å². The van der Waals surface area contributed by atoms with Crippen LogP contribution < -0.4 is 15.0 Å². The fourth-order valence-electron chi connectivity index (χ4n) is 4.38. The van der Waals surface area contributed by atoms with Crippen LogP contribution in [0.2, 0.25) is 5.02 Å². The third-order valence-electron chi connectivity index (χ3n) is 6.19. The Morgan fingerprint density at radius 1 is 1.03 bits per heavy atom. The van der Waals surface area contributed by atoms with Gasteiger partial charge in [-0.25, -0.2) is 14.0 Å². The Balaban J connectivity index is 1.36. The quantitative estimate of drug-likeness (QED) is 0.467. The largest absolute Gasteiger partial charge is 0.457 e. The molecule has 2 saturated heterocycles. The summed E-state index contributed by atoms with van der Waals surface area (Å²) in [6, 6.07) is 19.0. The number of cyclic esters (lactones) is 1. The molecule has 192 valence electrons. The average Bonchev–Trinajstić information content (AvgIpc) is 3.25. The van der Waals surface area contributed by atoms with Crippen LogP contribution in [-0.2, 0) is 9.47 Å². The molecule has 0 aromatic heterocycles. The Morgan fingerprint density at radius 3 is 2.38 bits per heavy atom. The Labute approximate surface area is 218 Å². The van der Waals surface area contributed by atoms with Crippen molar-refractivity contribution in [2.75, 3.05) is 37.7 Å². The number of nitrogens with one attached hydrogen (secondary N) is 1. The lowest BCUT2D eigenvalue weighted by molar-refractivity contribution is 0.0520. The van der Waals surface area contributed by atoms with Gasteiger partial charge in [0, 0.05) is 23.8 Å². The molecule has 3 amide bonds. The van der Waals surface area contributed by atoms with Crippen LogP contribution in [0, 0.1) is 5.82 Å². The normalized spacial score (nSPS) is 19.5. The zero-order chi connectivity index (χ0) is 25.8. The van der Waals surface area contributed by atoms with E-state index in [2.05, 4.69) is 5.32 Å². The highest BCUT2D eigenvalue weighted by Crippen LogP contribution is 2.38. The van der Waals surface area contributed by atoms with Crippen molar-refractivity contribution in [3.05, 3.63) is 89.2 Å². The molecule has 0 saturated carbocycles. The molecule has 3 aromatic carbocycles. The lowest BCUT2D eigenvalue weighted by atomic mass is 10.00. The van der Waals surface area contributed by atoms with Crippen molar-refractivity contribution in [2.24, 2.45) is 0 Å². The maximum Gasteiger partial charge on any atom is 0.415 e. The van der Waals surface area contributed by atoms with Crippen LogP contribution in [0.5, 0.6) is 11.5 Å². The van der Waals surface area contributed by atoms with Gasteiger partial charge in [-0.15, -0.1) is 0 Å². The Hall–Kier alpha value is -3.82. The summed E-state index contributed by atoms with van der Waals surface area (Å²) in [6.07, 6.45) is -1.32. The van der Waals surface area contributed by atoms with Crippen LogP contribution in [0.15, 0.2) is 72.8 Å². The monoisotopic (exact) mass is 525 g/mol. The first-order valence-electron chi connectivity index (χ1n) is 11.9. The smallest absolute Gasteiger partial charge is 0.415 e. The zero-order valence-electron chi connectivity index (χ0n) is 19.8. The highest BCUT2D eigenvalue weighted by molar-refractivity contribution is 6.30. The number of halogens is 2. The standard InChI is InChI=1S/C27H25ClFN3O5/c28-19-4-8-22(9-5-19)36-23-10-6-21(7-11-23)32-25(18-2-1-3-20(29)16-18)24(37-27(32)34)17-30-26(33)31-12-14-35-15-13-31/h1-11,16,24-25H,12-15,17H2,(H,30,33)/t24-,25-/m0/s1. The van der Waals surface area contributed by atoms with Gasteiger partial charge in [-0.05, 0) is 66.2 Å². The van der Waals surface area contributed by atoms with E-state index in [1.54, 1.807) is 65.6 Å². The number of carbonyl (C=O) groups is 2.